The molecule has 0 aliphatic heterocycles. The van der Waals surface area contributed by atoms with Crippen LogP contribution in [0, 0.1) is 0 Å². The van der Waals surface area contributed by atoms with Crippen LogP contribution in [0.1, 0.15) is 19.0 Å². The van der Waals surface area contributed by atoms with Gasteiger partial charge in [0.2, 0.25) is 0 Å². The van der Waals surface area contributed by atoms with Crippen LogP contribution in [0.4, 0.5) is 0 Å². The minimum absolute atomic E-state index is 0.434. The van der Waals surface area contributed by atoms with Crippen LogP contribution in [0.3, 0.4) is 0 Å². The lowest BCUT2D eigenvalue weighted by molar-refractivity contribution is 0.456. The molecule has 3 heterocycles. The van der Waals surface area contributed by atoms with E-state index in [-0.39, 0.29) is 0 Å². The van der Waals surface area contributed by atoms with Crippen LogP contribution in [0.25, 0.3) is 5.65 Å². The van der Waals surface area contributed by atoms with Crippen LogP contribution in [0.5, 0.6) is 0 Å². The molecule has 3 aromatic heterocycles. The van der Waals surface area contributed by atoms with Gasteiger partial charge in [0.1, 0.15) is 5.65 Å². The number of pyridine rings is 1. The summed E-state index contributed by atoms with van der Waals surface area (Å²) < 4.78 is 4.01. The van der Waals surface area contributed by atoms with Crippen molar-refractivity contribution in [2.24, 2.45) is 0 Å². The van der Waals surface area contributed by atoms with Gasteiger partial charge in [-0.2, -0.15) is 5.10 Å². The number of imidazole rings is 1. The summed E-state index contributed by atoms with van der Waals surface area (Å²) in [5.41, 5.74) is 2.07. The van der Waals surface area contributed by atoms with Crippen LogP contribution in [0.2, 0.25) is 0 Å². The van der Waals surface area contributed by atoms with Crippen molar-refractivity contribution in [2.45, 2.75) is 32.5 Å². The standard InChI is InChI=1S/C15H19N5/c1-13(6-10-20-9-4-7-17-20)16-11-14-12-19-8-3-2-5-15(19)18-14/h2-5,7-9,12-13,16H,6,10-11H2,1H3/t13-/m1/s1. The zero-order chi connectivity index (χ0) is 13.8. The van der Waals surface area contributed by atoms with Crippen molar-refractivity contribution >= 4 is 5.65 Å². The molecule has 3 rings (SSSR count). The lowest BCUT2D eigenvalue weighted by atomic mass is 10.2. The van der Waals surface area contributed by atoms with E-state index in [9.17, 15) is 0 Å². The molecule has 0 amide bonds. The van der Waals surface area contributed by atoms with Gasteiger partial charge in [-0.15, -0.1) is 0 Å². The Labute approximate surface area is 118 Å². The maximum Gasteiger partial charge on any atom is 0.137 e. The van der Waals surface area contributed by atoms with Crippen molar-refractivity contribution in [2.75, 3.05) is 0 Å². The lowest BCUT2D eigenvalue weighted by Gasteiger charge is -2.12. The SMILES string of the molecule is C[C@H](CCn1cccn1)NCc1cn2ccccc2n1. The average Bonchev–Trinajstić information content (AvgIpc) is 3.11. The smallest absolute Gasteiger partial charge is 0.137 e. The zero-order valence-electron chi connectivity index (χ0n) is 11.6. The number of nitrogens with one attached hydrogen (secondary N) is 1. The first-order chi connectivity index (χ1) is 9.81. The summed E-state index contributed by atoms with van der Waals surface area (Å²) in [6.07, 6.45) is 8.95. The van der Waals surface area contributed by atoms with Gasteiger partial charge in [0, 0.05) is 43.9 Å². The maximum absolute atomic E-state index is 4.58. The third-order valence-electron chi connectivity index (χ3n) is 3.40. The second kappa shape index (κ2) is 5.88. The van der Waals surface area contributed by atoms with E-state index in [2.05, 4.69) is 28.5 Å². The highest BCUT2D eigenvalue weighted by Gasteiger charge is 2.05. The van der Waals surface area contributed by atoms with Gasteiger partial charge in [-0.25, -0.2) is 4.98 Å². The van der Waals surface area contributed by atoms with Crippen molar-refractivity contribution in [1.82, 2.24) is 24.5 Å². The molecular weight excluding hydrogens is 250 g/mol. The van der Waals surface area contributed by atoms with Crippen LogP contribution in [0.15, 0.2) is 49.1 Å². The highest BCUT2D eigenvalue weighted by atomic mass is 15.3. The number of fused-ring (bicyclic) bond motifs is 1. The van der Waals surface area contributed by atoms with E-state index in [1.165, 1.54) is 0 Å². The predicted octanol–water partition coefficient (Wildman–Crippen LogP) is 2.10. The summed E-state index contributed by atoms with van der Waals surface area (Å²) in [5.74, 6) is 0. The highest BCUT2D eigenvalue weighted by Crippen LogP contribution is 2.05. The molecule has 0 saturated carbocycles. The molecule has 5 heteroatoms. The summed E-state index contributed by atoms with van der Waals surface area (Å²) >= 11 is 0. The molecule has 0 bridgehead atoms. The summed E-state index contributed by atoms with van der Waals surface area (Å²) in [6, 6.07) is 8.42. The Hall–Kier alpha value is -2.14. The Morgan fingerprint density at radius 1 is 1.25 bits per heavy atom. The molecule has 0 spiro atoms. The second-order valence-corrected chi connectivity index (χ2v) is 5.04. The molecule has 0 radical (unpaired) electrons. The number of hydrogen-bond acceptors (Lipinski definition) is 3. The minimum Gasteiger partial charge on any atom is -0.309 e. The van der Waals surface area contributed by atoms with Gasteiger partial charge in [-0.05, 0) is 31.5 Å². The van der Waals surface area contributed by atoms with E-state index >= 15 is 0 Å². The number of hydrogen-bond donors (Lipinski definition) is 1. The molecule has 104 valence electrons. The Morgan fingerprint density at radius 2 is 2.20 bits per heavy atom. The molecule has 0 aliphatic rings. The minimum atomic E-state index is 0.434. The summed E-state index contributed by atoms with van der Waals surface area (Å²) in [5, 5.41) is 7.71. The maximum atomic E-state index is 4.58. The van der Waals surface area contributed by atoms with E-state index in [1.54, 1.807) is 0 Å². The van der Waals surface area contributed by atoms with Crippen molar-refractivity contribution < 1.29 is 0 Å². The fourth-order valence-electron chi connectivity index (χ4n) is 2.21. The van der Waals surface area contributed by atoms with Gasteiger partial charge in [0.15, 0.2) is 0 Å². The van der Waals surface area contributed by atoms with E-state index in [4.69, 9.17) is 0 Å². The molecule has 1 N–H and O–H groups in total. The third kappa shape index (κ3) is 3.05. The molecule has 20 heavy (non-hydrogen) atoms. The first kappa shape index (κ1) is 12.9. The molecule has 5 nitrogen and oxygen atoms in total. The Bertz CT molecular complexity index is 623. The third-order valence-corrected chi connectivity index (χ3v) is 3.40. The molecule has 3 aromatic rings. The molecule has 0 aliphatic carbocycles. The van der Waals surface area contributed by atoms with E-state index in [1.807, 2.05) is 51.9 Å². The zero-order valence-corrected chi connectivity index (χ0v) is 11.6. The quantitative estimate of drug-likeness (QED) is 0.745. The monoisotopic (exact) mass is 269 g/mol. The summed E-state index contributed by atoms with van der Waals surface area (Å²) in [6.45, 7) is 3.92. The Kier molecular flexibility index (Phi) is 3.78. The van der Waals surface area contributed by atoms with Gasteiger partial charge < -0.3 is 9.72 Å². The van der Waals surface area contributed by atoms with Crippen molar-refractivity contribution in [3.05, 3.63) is 54.7 Å². The molecule has 1 atom stereocenters. The van der Waals surface area contributed by atoms with E-state index in [0.717, 1.165) is 30.9 Å². The molecule has 0 fully saturated rings. The molecule has 0 saturated heterocycles. The van der Waals surface area contributed by atoms with Gasteiger partial charge in [0.25, 0.3) is 0 Å². The predicted molar refractivity (Wildman–Crippen MR) is 78.3 cm³/mol. The average molecular weight is 269 g/mol. The van der Waals surface area contributed by atoms with Gasteiger partial charge >= 0.3 is 0 Å². The van der Waals surface area contributed by atoms with Crippen LogP contribution < -0.4 is 5.32 Å². The van der Waals surface area contributed by atoms with Crippen LogP contribution in [-0.2, 0) is 13.1 Å². The van der Waals surface area contributed by atoms with Gasteiger partial charge in [0.05, 0.1) is 5.69 Å². The van der Waals surface area contributed by atoms with Crippen molar-refractivity contribution in [3.63, 3.8) is 0 Å². The first-order valence-electron chi connectivity index (χ1n) is 6.95. The van der Waals surface area contributed by atoms with E-state index in [0.29, 0.717) is 6.04 Å². The molecule has 0 aromatic carbocycles. The summed E-state index contributed by atoms with van der Waals surface area (Å²) in [7, 11) is 0. The lowest BCUT2D eigenvalue weighted by Crippen LogP contribution is -2.27. The molecule has 0 unspecified atom stereocenters. The normalized spacial score (nSPS) is 12.8. The largest absolute Gasteiger partial charge is 0.309 e. The summed E-state index contributed by atoms with van der Waals surface area (Å²) in [4.78, 5) is 4.58. The van der Waals surface area contributed by atoms with Crippen molar-refractivity contribution in [3.8, 4) is 0 Å². The first-order valence-corrected chi connectivity index (χ1v) is 6.95. The van der Waals surface area contributed by atoms with E-state index < -0.39 is 0 Å². The number of aryl methyl sites for hydroxylation is 1. The Balaban J connectivity index is 1.50. The second-order valence-electron chi connectivity index (χ2n) is 5.04. The number of aromatic nitrogens is 4. The highest BCUT2D eigenvalue weighted by molar-refractivity contribution is 5.39. The number of nitrogens with zero attached hydrogens (tertiary/aromatic N) is 4. The fraction of sp³-hybridized carbons (Fsp3) is 0.333. The Morgan fingerprint density at radius 3 is 3.00 bits per heavy atom. The van der Waals surface area contributed by atoms with Crippen LogP contribution in [-0.4, -0.2) is 25.2 Å². The molecular formula is C15H19N5. The van der Waals surface area contributed by atoms with Crippen molar-refractivity contribution in [1.29, 1.82) is 0 Å². The topological polar surface area (TPSA) is 47.2 Å². The number of rotatable bonds is 6. The fourth-order valence-corrected chi connectivity index (χ4v) is 2.21. The van der Waals surface area contributed by atoms with Gasteiger partial charge in [-0.3, -0.25) is 4.68 Å². The van der Waals surface area contributed by atoms with Gasteiger partial charge in [-0.1, -0.05) is 6.07 Å². The van der Waals surface area contributed by atoms with Crippen LogP contribution >= 0.6 is 0 Å².